The molecule has 0 aliphatic carbocycles. The maximum Gasteiger partial charge on any atom is 0.231 e. The van der Waals surface area contributed by atoms with Crippen molar-refractivity contribution in [3.8, 4) is 11.5 Å². The van der Waals surface area contributed by atoms with Crippen molar-refractivity contribution >= 4 is 5.69 Å². The average Bonchev–Trinajstić information content (AvgIpc) is 2.74. The number of hydrogen-bond acceptors (Lipinski definition) is 5. The summed E-state index contributed by atoms with van der Waals surface area (Å²) < 4.78 is 10.7. The SMILES string of the molecule is Cc1cc2c(cc1N(C)CC(O)CCN)OCO2. The summed E-state index contributed by atoms with van der Waals surface area (Å²) in [5, 5.41) is 9.79. The summed E-state index contributed by atoms with van der Waals surface area (Å²) in [6.07, 6.45) is 0.193. The van der Waals surface area contributed by atoms with Crippen molar-refractivity contribution in [2.24, 2.45) is 5.73 Å². The highest BCUT2D eigenvalue weighted by atomic mass is 16.7. The number of hydrogen-bond donors (Lipinski definition) is 2. The van der Waals surface area contributed by atoms with E-state index in [0.717, 1.165) is 22.7 Å². The summed E-state index contributed by atoms with van der Waals surface area (Å²) in [5.74, 6) is 1.54. The van der Waals surface area contributed by atoms with Crippen LogP contribution in [0.15, 0.2) is 12.1 Å². The molecule has 1 atom stereocenters. The molecule has 5 nitrogen and oxygen atoms in total. The van der Waals surface area contributed by atoms with Crippen molar-refractivity contribution in [1.82, 2.24) is 0 Å². The van der Waals surface area contributed by atoms with Crippen molar-refractivity contribution in [3.63, 3.8) is 0 Å². The van der Waals surface area contributed by atoms with E-state index in [2.05, 4.69) is 0 Å². The number of ether oxygens (including phenoxy) is 2. The Morgan fingerprint density at radius 2 is 2.06 bits per heavy atom. The molecule has 1 aromatic carbocycles. The van der Waals surface area contributed by atoms with E-state index in [4.69, 9.17) is 15.2 Å². The number of likely N-dealkylation sites (N-methyl/N-ethyl adjacent to an activating group) is 1. The molecule has 1 heterocycles. The Kier molecular flexibility index (Phi) is 3.93. The van der Waals surface area contributed by atoms with Crippen LogP contribution in [0.25, 0.3) is 0 Å². The quantitative estimate of drug-likeness (QED) is 0.814. The highest BCUT2D eigenvalue weighted by Crippen LogP contribution is 2.37. The van der Waals surface area contributed by atoms with Gasteiger partial charge in [0.25, 0.3) is 0 Å². The van der Waals surface area contributed by atoms with Crippen molar-refractivity contribution in [2.75, 3.05) is 31.8 Å². The van der Waals surface area contributed by atoms with Gasteiger partial charge < -0.3 is 25.2 Å². The smallest absolute Gasteiger partial charge is 0.231 e. The number of nitrogens with zero attached hydrogens (tertiary/aromatic N) is 1. The van der Waals surface area contributed by atoms with Crippen LogP contribution >= 0.6 is 0 Å². The summed E-state index contributed by atoms with van der Waals surface area (Å²) in [4.78, 5) is 2.01. The number of anilines is 1. The molecule has 5 heteroatoms. The lowest BCUT2D eigenvalue weighted by molar-refractivity contribution is 0.173. The standard InChI is InChI=1S/C13H20N2O3/c1-9-5-12-13(18-8-17-12)6-11(9)15(2)7-10(16)3-4-14/h5-6,10,16H,3-4,7-8,14H2,1-2H3. The van der Waals surface area contributed by atoms with E-state index in [1.54, 1.807) is 0 Å². The number of benzene rings is 1. The number of aryl methyl sites for hydroxylation is 1. The van der Waals surface area contributed by atoms with Crippen LogP contribution in [0.3, 0.4) is 0 Å². The Hall–Kier alpha value is -1.46. The molecule has 1 aromatic rings. The third-order valence-corrected chi connectivity index (χ3v) is 3.09. The lowest BCUT2D eigenvalue weighted by Gasteiger charge is -2.24. The summed E-state index contributed by atoms with van der Waals surface area (Å²) in [7, 11) is 1.95. The lowest BCUT2D eigenvalue weighted by atomic mass is 10.1. The van der Waals surface area contributed by atoms with Gasteiger partial charge in [-0.1, -0.05) is 0 Å². The minimum atomic E-state index is -0.412. The summed E-state index contributed by atoms with van der Waals surface area (Å²) in [6.45, 7) is 3.34. The van der Waals surface area contributed by atoms with E-state index in [9.17, 15) is 5.11 Å². The first kappa shape index (κ1) is 13.0. The molecule has 0 aromatic heterocycles. The zero-order valence-electron chi connectivity index (χ0n) is 10.8. The Morgan fingerprint density at radius 1 is 1.39 bits per heavy atom. The Balaban J connectivity index is 2.12. The van der Waals surface area contributed by atoms with Crippen LogP contribution in [0.1, 0.15) is 12.0 Å². The Bertz CT molecular complexity index is 423. The molecule has 0 saturated heterocycles. The molecular weight excluding hydrogens is 232 g/mol. The zero-order valence-corrected chi connectivity index (χ0v) is 10.8. The summed E-state index contributed by atoms with van der Waals surface area (Å²) in [6, 6.07) is 3.91. The van der Waals surface area contributed by atoms with E-state index in [1.807, 2.05) is 31.0 Å². The van der Waals surface area contributed by atoms with Gasteiger partial charge in [0, 0.05) is 25.3 Å². The third-order valence-electron chi connectivity index (χ3n) is 3.09. The van der Waals surface area contributed by atoms with Gasteiger partial charge in [-0.05, 0) is 31.5 Å². The van der Waals surface area contributed by atoms with Crippen LogP contribution in [-0.2, 0) is 0 Å². The van der Waals surface area contributed by atoms with Crippen molar-refractivity contribution in [2.45, 2.75) is 19.4 Å². The second kappa shape index (κ2) is 5.46. The molecule has 0 radical (unpaired) electrons. The van der Waals surface area contributed by atoms with Crippen LogP contribution in [0.2, 0.25) is 0 Å². The molecule has 1 unspecified atom stereocenters. The van der Waals surface area contributed by atoms with Gasteiger partial charge in [-0.25, -0.2) is 0 Å². The molecule has 1 aliphatic heterocycles. The van der Waals surface area contributed by atoms with Gasteiger partial charge in [-0.2, -0.15) is 0 Å². The maximum absolute atomic E-state index is 9.79. The first-order valence-electron chi connectivity index (χ1n) is 6.11. The fourth-order valence-electron chi connectivity index (χ4n) is 2.14. The number of rotatable bonds is 5. The summed E-state index contributed by atoms with van der Waals surface area (Å²) >= 11 is 0. The highest BCUT2D eigenvalue weighted by Gasteiger charge is 2.18. The number of fused-ring (bicyclic) bond motifs is 1. The van der Waals surface area contributed by atoms with E-state index in [-0.39, 0.29) is 6.79 Å². The molecule has 0 amide bonds. The molecule has 0 spiro atoms. The third kappa shape index (κ3) is 2.68. The van der Waals surface area contributed by atoms with Gasteiger partial charge in [-0.3, -0.25) is 0 Å². The molecule has 0 fully saturated rings. The normalized spacial score (nSPS) is 14.7. The molecular formula is C13H20N2O3. The Labute approximate surface area is 107 Å². The largest absolute Gasteiger partial charge is 0.454 e. The van der Waals surface area contributed by atoms with Gasteiger partial charge in [0.1, 0.15) is 0 Å². The number of nitrogens with two attached hydrogens (primary N) is 1. The van der Waals surface area contributed by atoms with Crippen molar-refractivity contribution in [1.29, 1.82) is 0 Å². The fourth-order valence-corrected chi connectivity index (χ4v) is 2.14. The number of aliphatic hydroxyl groups is 1. The zero-order chi connectivity index (χ0) is 13.1. The maximum atomic E-state index is 9.79. The molecule has 2 rings (SSSR count). The lowest BCUT2D eigenvalue weighted by Crippen LogP contribution is -2.30. The minimum Gasteiger partial charge on any atom is -0.454 e. The number of aliphatic hydroxyl groups excluding tert-OH is 1. The molecule has 0 bridgehead atoms. The van der Waals surface area contributed by atoms with Gasteiger partial charge in [0.2, 0.25) is 6.79 Å². The fraction of sp³-hybridized carbons (Fsp3) is 0.538. The highest BCUT2D eigenvalue weighted by molar-refractivity contribution is 5.62. The molecule has 18 heavy (non-hydrogen) atoms. The van der Waals surface area contributed by atoms with E-state index < -0.39 is 6.10 Å². The van der Waals surface area contributed by atoms with Gasteiger partial charge in [0.05, 0.1) is 6.10 Å². The minimum absolute atomic E-state index is 0.276. The summed E-state index contributed by atoms with van der Waals surface area (Å²) in [5.41, 5.74) is 7.57. The molecule has 0 saturated carbocycles. The first-order valence-corrected chi connectivity index (χ1v) is 6.11. The van der Waals surface area contributed by atoms with Gasteiger partial charge in [0.15, 0.2) is 11.5 Å². The topological polar surface area (TPSA) is 68.0 Å². The van der Waals surface area contributed by atoms with Crippen molar-refractivity contribution in [3.05, 3.63) is 17.7 Å². The second-order valence-corrected chi connectivity index (χ2v) is 4.60. The molecule has 3 N–H and O–H groups in total. The molecule has 1 aliphatic rings. The van der Waals surface area contributed by atoms with E-state index >= 15 is 0 Å². The van der Waals surface area contributed by atoms with Crippen LogP contribution < -0.4 is 20.1 Å². The van der Waals surface area contributed by atoms with Crippen LogP contribution in [0.4, 0.5) is 5.69 Å². The van der Waals surface area contributed by atoms with Gasteiger partial charge in [-0.15, -0.1) is 0 Å². The Morgan fingerprint density at radius 3 is 2.72 bits per heavy atom. The van der Waals surface area contributed by atoms with E-state index in [1.165, 1.54) is 0 Å². The van der Waals surface area contributed by atoms with Crippen LogP contribution in [0.5, 0.6) is 11.5 Å². The second-order valence-electron chi connectivity index (χ2n) is 4.60. The predicted molar refractivity (Wildman–Crippen MR) is 70.3 cm³/mol. The van der Waals surface area contributed by atoms with Crippen LogP contribution in [-0.4, -0.2) is 38.1 Å². The van der Waals surface area contributed by atoms with Crippen molar-refractivity contribution < 1.29 is 14.6 Å². The first-order chi connectivity index (χ1) is 8.61. The monoisotopic (exact) mass is 252 g/mol. The van der Waals surface area contributed by atoms with Crippen LogP contribution in [0, 0.1) is 6.92 Å². The predicted octanol–water partition coefficient (Wildman–Crippen LogP) is 0.870. The average molecular weight is 252 g/mol. The van der Waals surface area contributed by atoms with Gasteiger partial charge >= 0.3 is 0 Å². The van der Waals surface area contributed by atoms with E-state index in [0.29, 0.717) is 19.5 Å². The molecule has 100 valence electrons.